The molecule has 1 saturated heterocycles. The lowest BCUT2D eigenvalue weighted by Crippen LogP contribution is -2.37. The maximum absolute atomic E-state index is 12.2. The van der Waals surface area contributed by atoms with Crippen molar-refractivity contribution in [3.8, 4) is 0 Å². The van der Waals surface area contributed by atoms with Gasteiger partial charge >= 0.3 is 6.09 Å². The molecule has 20 heavy (non-hydrogen) atoms. The fourth-order valence-corrected chi connectivity index (χ4v) is 3.41. The average molecular weight is 282 g/mol. The van der Waals surface area contributed by atoms with E-state index in [0.29, 0.717) is 5.92 Å². The molecule has 0 radical (unpaired) electrons. The molecule has 2 aliphatic rings. The highest BCUT2D eigenvalue weighted by Gasteiger charge is 2.38. The van der Waals surface area contributed by atoms with Gasteiger partial charge in [0.1, 0.15) is 5.60 Å². The van der Waals surface area contributed by atoms with Crippen molar-refractivity contribution in [1.29, 1.82) is 0 Å². The number of nitrogens with zero attached hydrogens (tertiary/aromatic N) is 1. The first-order valence-electron chi connectivity index (χ1n) is 8.08. The molecular weight excluding hydrogens is 252 g/mol. The van der Waals surface area contributed by atoms with Crippen molar-refractivity contribution >= 4 is 6.09 Å². The Morgan fingerprint density at radius 2 is 1.85 bits per heavy atom. The quantitative estimate of drug-likeness (QED) is 0.865. The van der Waals surface area contributed by atoms with Crippen molar-refractivity contribution < 1.29 is 9.53 Å². The second-order valence-corrected chi connectivity index (χ2v) is 7.38. The Labute approximate surface area is 123 Å². The van der Waals surface area contributed by atoms with E-state index in [-0.39, 0.29) is 6.09 Å². The van der Waals surface area contributed by atoms with Crippen molar-refractivity contribution in [2.75, 3.05) is 19.6 Å². The topological polar surface area (TPSA) is 55.6 Å². The highest BCUT2D eigenvalue weighted by atomic mass is 16.6. The van der Waals surface area contributed by atoms with Gasteiger partial charge < -0.3 is 15.4 Å². The van der Waals surface area contributed by atoms with Crippen LogP contribution < -0.4 is 5.73 Å². The Hall–Kier alpha value is -0.770. The molecule has 2 rings (SSSR count). The number of hydrogen-bond acceptors (Lipinski definition) is 3. The van der Waals surface area contributed by atoms with Gasteiger partial charge in [0.25, 0.3) is 0 Å². The molecule has 2 N–H and O–H groups in total. The molecule has 116 valence electrons. The smallest absolute Gasteiger partial charge is 0.410 e. The third-order valence-corrected chi connectivity index (χ3v) is 4.52. The summed E-state index contributed by atoms with van der Waals surface area (Å²) in [6.07, 6.45) is 5.90. The zero-order valence-corrected chi connectivity index (χ0v) is 13.2. The molecule has 0 spiro atoms. The first kappa shape index (κ1) is 15.6. The van der Waals surface area contributed by atoms with Gasteiger partial charge in [-0.2, -0.15) is 0 Å². The van der Waals surface area contributed by atoms with E-state index >= 15 is 0 Å². The minimum Gasteiger partial charge on any atom is -0.444 e. The average Bonchev–Trinajstić information content (AvgIpc) is 3.12. The molecule has 4 nitrogen and oxygen atoms in total. The van der Waals surface area contributed by atoms with Crippen LogP contribution in [0.5, 0.6) is 0 Å². The van der Waals surface area contributed by atoms with Gasteiger partial charge in [-0.05, 0) is 77.2 Å². The summed E-state index contributed by atoms with van der Waals surface area (Å²) in [6.45, 7) is 8.20. The lowest BCUT2D eigenvalue weighted by atomic mass is 9.82. The molecule has 1 aliphatic carbocycles. The summed E-state index contributed by atoms with van der Waals surface area (Å²) >= 11 is 0. The number of hydrogen-bond donors (Lipinski definition) is 1. The van der Waals surface area contributed by atoms with Crippen LogP contribution >= 0.6 is 0 Å². The van der Waals surface area contributed by atoms with Crippen molar-refractivity contribution in [2.24, 2.45) is 23.5 Å². The standard InChI is InChI=1S/C16H30N2O2/c1-16(2,3)20-15(19)18-10-7-13(6-9-17)14(8-11-18)12-4-5-12/h12-14H,4-11,17H2,1-3H3. The van der Waals surface area contributed by atoms with Gasteiger partial charge in [0, 0.05) is 13.1 Å². The number of rotatable bonds is 3. The Balaban J connectivity index is 1.93. The number of ether oxygens (including phenoxy) is 1. The summed E-state index contributed by atoms with van der Waals surface area (Å²) in [6, 6.07) is 0. The second kappa shape index (κ2) is 6.33. The lowest BCUT2D eigenvalue weighted by molar-refractivity contribution is 0.0254. The van der Waals surface area contributed by atoms with Crippen molar-refractivity contribution in [3.63, 3.8) is 0 Å². The Morgan fingerprint density at radius 3 is 2.40 bits per heavy atom. The van der Waals surface area contributed by atoms with Crippen LogP contribution in [0.2, 0.25) is 0 Å². The predicted molar refractivity (Wildman–Crippen MR) is 80.4 cm³/mol. The largest absolute Gasteiger partial charge is 0.444 e. The van der Waals surface area contributed by atoms with Gasteiger partial charge in [-0.25, -0.2) is 4.79 Å². The van der Waals surface area contributed by atoms with Crippen LogP contribution in [-0.4, -0.2) is 36.2 Å². The number of likely N-dealkylation sites (tertiary alicyclic amines) is 1. The van der Waals surface area contributed by atoms with Gasteiger partial charge in [0.2, 0.25) is 0 Å². The zero-order chi connectivity index (χ0) is 14.8. The molecular formula is C16H30N2O2. The molecule has 0 aromatic heterocycles. The lowest BCUT2D eigenvalue weighted by Gasteiger charge is -2.26. The van der Waals surface area contributed by atoms with E-state index in [1.165, 1.54) is 12.8 Å². The fourth-order valence-electron chi connectivity index (χ4n) is 3.41. The van der Waals surface area contributed by atoms with E-state index in [1.807, 2.05) is 25.7 Å². The molecule has 1 amide bonds. The molecule has 2 atom stereocenters. The summed E-state index contributed by atoms with van der Waals surface area (Å²) in [5.74, 6) is 2.36. The van der Waals surface area contributed by atoms with E-state index in [1.54, 1.807) is 0 Å². The highest BCUT2D eigenvalue weighted by molar-refractivity contribution is 5.68. The minimum absolute atomic E-state index is 0.152. The molecule has 1 aliphatic heterocycles. The molecule has 0 bridgehead atoms. The van der Waals surface area contributed by atoms with Crippen LogP contribution in [0.15, 0.2) is 0 Å². The van der Waals surface area contributed by atoms with Crippen molar-refractivity contribution in [1.82, 2.24) is 4.90 Å². The Bertz CT molecular complexity index is 334. The van der Waals surface area contributed by atoms with Crippen LogP contribution in [0.25, 0.3) is 0 Å². The first-order chi connectivity index (χ1) is 9.40. The molecule has 0 aromatic rings. The summed E-state index contributed by atoms with van der Waals surface area (Å²) in [5, 5.41) is 0. The van der Waals surface area contributed by atoms with Crippen LogP contribution in [0.3, 0.4) is 0 Å². The molecule has 2 fully saturated rings. The number of carbonyl (C=O) groups excluding carboxylic acids is 1. The van der Waals surface area contributed by atoms with Crippen LogP contribution in [-0.2, 0) is 4.74 Å². The third kappa shape index (κ3) is 4.37. The fraction of sp³-hybridized carbons (Fsp3) is 0.938. The molecule has 1 heterocycles. The van der Waals surface area contributed by atoms with Crippen molar-refractivity contribution in [3.05, 3.63) is 0 Å². The summed E-state index contributed by atoms with van der Waals surface area (Å²) in [4.78, 5) is 14.1. The number of nitrogens with two attached hydrogens (primary N) is 1. The molecule has 1 saturated carbocycles. The molecule has 2 unspecified atom stereocenters. The normalized spacial score (nSPS) is 28.1. The maximum Gasteiger partial charge on any atom is 0.410 e. The van der Waals surface area contributed by atoms with Gasteiger partial charge in [0.05, 0.1) is 0 Å². The Kier molecular flexibility index (Phi) is 4.95. The van der Waals surface area contributed by atoms with E-state index < -0.39 is 5.60 Å². The van der Waals surface area contributed by atoms with Crippen LogP contribution in [0.4, 0.5) is 4.79 Å². The van der Waals surface area contributed by atoms with E-state index in [9.17, 15) is 4.79 Å². The van der Waals surface area contributed by atoms with E-state index in [4.69, 9.17) is 10.5 Å². The first-order valence-corrected chi connectivity index (χ1v) is 8.08. The van der Waals surface area contributed by atoms with Gasteiger partial charge in [-0.3, -0.25) is 0 Å². The summed E-state index contributed by atoms with van der Waals surface area (Å²) in [5.41, 5.74) is 5.36. The second-order valence-electron chi connectivity index (χ2n) is 7.38. The minimum atomic E-state index is -0.407. The number of amides is 1. The number of carbonyl (C=O) groups is 1. The third-order valence-electron chi connectivity index (χ3n) is 4.52. The highest BCUT2D eigenvalue weighted by Crippen LogP contribution is 2.45. The maximum atomic E-state index is 12.2. The molecule has 0 aromatic carbocycles. The van der Waals surface area contributed by atoms with Crippen molar-refractivity contribution in [2.45, 2.75) is 58.5 Å². The van der Waals surface area contributed by atoms with Gasteiger partial charge in [-0.15, -0.1) is 0 Å². The van der Waals surface area contributed by atoms with Crippen LogP contribution in [0.1, 0.15) is 52.9 Å². The SMILES string of the molecule is CC(C)(C)OC(=O)N1CCC(CCN)C(C2CC2)CC1. The zero-order valence-electron chi connectivity index (χ0n) is 13.2. The molecule has 4 heteroatoms. The monoisotopic (exact) mass is 282 g/mol. The van der Waals surface area contributed by atoms with Crippen LogP contribution in [0, 0.1) is 17.8 Å². The van der Waals surface area contributed by atoms with E-state index in [0.717, 1.165) is 50.7 Å². The summed E-state index contributed by atoms with van der Waals surface area (Å²) < 4.78 is 5.50. The van der Waals surface area contributed by atoms with Gasteiger partial charge in [-0.1, -0.05) is 0 Å². The Morgan fingerprint density at radius 1 is 1.20 bits per heavy atom. The van der Waals surface area contributed by atoms with Gasteiger partial charge in [0.15, 0.2) is 0 Å². The predicted octanol–water partition coefficient (Wildman–Crippen LogP) is 3.01. The summed E-state index contributed by atoms with van der Waals surface area (Å²) in [7, 11) is 0. The van der Waals surface area contributed by atoms with E-state index in [2.05, 4.69) is 0 Å².